The highest BCUT2D eigenvalue weighted by Gasteiger charge is 2.15. The van der Waals surface area contributed by atoms with Crippen molar-refractivity contribution in [3.8, 4) is 0 Å². The van der Waals surface area contributed by atoms with Gasteiger partial charge in [-0.1, -0.05) is 38.1 Å². The van der Waals surface area contributed by atoms with Crippen LogP contribution in [0, 0.1) is 0 Å². The average Bonchev–Trinajstić information content (AvgIpc) is 2.46. The zero-order valence-corrected chi connectivity index (χ0v) is 12.5. The van der Waals surface area contributed by atoms with Crippen LogP contribution in [0.3, 0.4) is 0 Å². The molecule has 2 rings (SSSR count). The zero-order chi connectivity index (χ0) is 13.7. The second-order valence-corrected chi connectivity index (χ2v) is 5.94. The van der Waals surface area contributed by atoms with Gasteiger partial charge in [0.25, 0.3) is 0 Å². The molecule has 0 spiro atoms. The minimum atomic E-state index is 0.395. The Hall–Kier alpha value is -0.860. The Morgan fingerprint density at radius 3 is 2.37 bits per heavy atom. The molecule has 19 heavy (non-hydrogen) atoms. The molecule has 0 saturated carbocycles. The lowest BCUT2D eigenvalue weighted by Gasteiger charge is -2.25. The van der Waals surface area contributed by atoms with E-state index in [1.807, 2.05) is 0 Å². The number of nitrogens with one attached hydrogen (secondary N) is 1. The second kappa shape index (κ2) is 7.06. The lowest BCUT2D eigenvalue weighted by Crippen LogP contribution is -2.33. The Morgan fingerprint density at radius 2 is 1.79 bits per heavy atom. The third kappa shape index (κ3) is 4.32. The lowest BCUT2D eigenvalue weighted by molar-refractivity contribution is 0.0156. The van der Waals surface area contributed by atoms with Gasteiger partial charge in [-0.05, 0) is 43.2 Å². The summed E-state index contributed by atoms with van der Waals surface area (Å²) < 4.78 is 5.75. The van der Waals surface area contributed by atoms with Crippen LogP contribution in [0.5, 0.6) is 0 Å². The average molecular weight is 261 g/mol. The molecule has 0 aromatic heterocycles. The molecule has 2 nitrogen and oxygen atoms in total. The van der Waals surface area contributed by atoms with Crippen LogP contribution in [-0.4, -0.2) is 19.3 Å². The molecule has 2 unspecified atom stereocenters. The van der Waals surface area contributed by atoms with Crippen LogP contribution in [0.1, 0.15) is 63.1 Å². The number of benzene rings is 1. The first-order valence-electron chi connectivity index (χ1n) is 7.61. The molecule has 106 valence electrons. The molecule has 1 aromatic rings. The zero-order valence-electron chi connectivity index (χ0n) is 12.5. The highest BCUT2D eigenvalue weighted by molar-refractivity contribution is 5.26. The summed E-state index contributed by atoms with van der Waals surface area (Å²) >= 11 is 0. The molecule has 1 aliphatic rings. The first-order valence-corrected chi connectivity index (χ1v) is 7.61. The number of ether oxygens (including phenoxy) is 1. The molecule has 1 aliphatic heterocycles. The van der Waals surface area contributed by atoms with Crippen molar-refractivity contribution >= 4 is 0 Å². The number of hydrogen-bond donors (Lipinski definition) is 1. The summed E-state index contributed by atoms with van der Waals surface area (Å²) in [5, 5.41) is 3.59. The Bertz CT molecular complexity index is 365. The molecule has 1 heterocycles. The maximum absolute atomic E-state index is 5.75. The van der Waals surface area contributed by atoms with Gasteiger partial charge in [0.05, 0.1) is 6.10 Å². The van der Waals surface area contributed by atoms with Crippen molar-refractivity contribution in [1.82, 2.24) is 5.32 Å². The number of rotatable bonds is 5. The van der Waals surface area contributed by atoms with Gasteiger partial charge in [-0.25, -0.2) is 0 Å². The summed E-state index contributed by atoms with van der Waals surface area (Å²) in [5.41, 5.74) is 2.77. The van der Waals surface area contributed by atoms with Crippen LogP contribution in [0.4, 0.5) is 0 Å². The Morgan fingerprint density at radius 1 is 1.11 bits per heavy atom. The Balaban J connectivity index is 1.83. The van der Waals surface area contributed by atoms with E-state index < -0.39 is 0 Å². The first kappa shape index (κ1) is 14.5. The summed E-state index contributed by atoms with van der Waals surface area (Å²) in [5.74, 6) is 0.605. The van der Waals surface area contributed by atoms with Gasteiger partial charge in [0, 0.05) is 19.2 Å². The van der Waals surface area contributed by atoms with Gasteiger partial charge in [0.1, 0.15) is 0 Å². The normalized spacial score (nSPS) is 21.6. The molecule has 1 N–H and O–H groups in total. The monoisotopic (exact) mass is 261 g/mol. The van der Waals surface area contributed by atoms with E-state index in [1.165, 1.54) is 30.4 Å². The summed E-state index contributed by atoms with van der Waals surface area (Å²) in [4.78, 5) is 0. The fourth-order valence-electron chi connectivity index (χ4n) is 2.56. The minimum absolute atomic E-state index is 0.395. The van der Waals surface area contributed by atoms with Gasteiger partial charge in [0.15, 0.2) is 0 Å². The van der Waals surface area contributed by atoms with Crippen molar-refractivity contribution in [2.24, 2.45) is 0 Å². The molecular formula is C17H27NO. The standard InChI is InChI=1S/C17H27NO/c1-13(2)15-7-9-16(10-8-15)14(3)18-12-17-6-4-5-11-19-17/h7-10,13-14,17-18H,4-6,11-12H2,1-3H3. The van der Waals surface area contributed by atoms with E-state index in [4.69, 9.17) is 4.74 Å². The topological polar surface area (TPSA) is 21.3 Å². The Labute approximate surface area is 117 Å². The van der Waals surface area contributed by atoms with Crippen molar-refractivity contribution in [1.29, 1.82) is 0 Å². The van der Waals surface area contributed by atoms with E-state index in [-0.39, 0.29) is 0 Å². The van der Waals surface area contributed by atoms with Crippen molar-refractivity contribution in [3.63, 3.8) is 0 Å². The van der Waals surface area contributed by atoms with Gasteiger partial charge in [-0.2, -0.15) is 0 Å². The minimum Gasteiger partial charge on any atom is -0.377 e. The molecule has 0 aliphatic carbocycles. The summed E-state index contributed by atoms with van der Waals surface area (Å²) in [6.45, 7) is 8.60. The van der Waals surface area contributed by atoms with Crippen molar-refractivity contribution in [3.05, 3.63) is 35.4 Å². The lowest BCUT2D eigenvalue weighted by atomic mass is 9.99. The molecule has 2 atom stereocenters. The molecule has 0 radical (unpaired) electrons. The second-order valence-electron chi connectivity index (χ2n) is 5.94. The quantitative estimate of drug-likeness (QED) is 0.864. The SMILES string of the molecule is CC(C)c1ccc(C(C)NCC2CCCCO2)cc1. The van der Waals surface area contributed by atoms with Crippen LogP contribution in [0.15, 0.2) is 24.3 Å². The van der Waals surface area contributed by atoms with Crippen LogP contribution >= 0.6 is 0 Å². The van der Waals surface area contributed by atoms with Crippen LogP contribution in [-0.2, 0) is 4.74 Å². The van der Waals surface area contributed by atoms with E-state index in [1.54, 1.807) is 0 Å². The van der Waals surface area contributed by atoms with E-state index in [9.17, 15) is 0 Å². The maximum Gasteiger partial charge on any atom is 0.0699 e. The molecular weight excluding hydrogens is 234 g/mol. The van der Waals surface area contributed by atoms with E-state index in [2.05, 4.69) is 50.4 Å². The highest BCUT2D eigenvalue weighted by atomic mass is 16.5. The van der Waals surface area contributed by atoms with E-state index in [0.29, 0.717) is 18.1 Å². The smallest absolute Gasteiger partial charge is 0.0699 e. The largest absolute Gasteiger partial charge is 0.377 e. The van der Waals surface area contributed by atoms with Gasteiger partial charge >= 0.3 is 0 Å². The predicted molar refractivity (Wildman–Crippen MR) is 80.5 cm³/mol. The molecule has 1 saturated heterocycles. The maximum atomic E-state index is 5.75. The molecule has 2 heteroatoms. The van der Waals surface area contributed by atoms with Gasteiger partial charge < -0.3 is 10.1 Å². The van der Waals surface area contributed by atoms with Gasteiger partial charge in [0.2, 0.25) is 0 Å². The van der Waals surface area contributed by atoms with Crippen LogP contribution < -0.4 is 5.32 Å². The molecule has 0 bridgehead atoms. The van der Waals surface area contributed by atoms with Crippen LogP contribution in [0.2, 0.25) is 0 Å². The third-order valence-electron chi connectivity index (χ3n) is 4.03. The Kier molecular flexibility index (Phi) is 5.41. The molecule has 1 fully saturated rings. The highest BCUT2D eigenvalue weighted by Crippen LogP contribution is 2.19. The molecule has 1 aromatic carbocycles. The first-order chi connectivity index (χ1) is 9.16. The predicted octanol–water partition coefficient (Wildman–Crippen LogP) is 4.03. The van der Waals surface area contributed by atoms with Crippen molar-refractivity contribution in [2.45, 2.75) is 58.1 Å². The summed E-state index contributed by atoms with van der Waals surface area (Å²) in [6.07, 6.45) is 4.14. The van der Waals surface area contributed by atoms with Crippen LogP contribution in [0.25, 0.3) is 0 Å². The van der Waals surface area contributed by atoms with E-state index >= 15 is 0 Å². The van der Waals surface area contributed by atoms with Gasteiger partial charge in [-0.15, -0.1) is 0 Å². The fourth-order valence-corrected chi connectivity index (χ4v) is 2.56. The summed E-state index contributed by atoms with van der Waals surface area (Å²) in [7, 11) is 0. The van der Waals surface area contributed by atoms with E-state index in [0.717, 1.165) is 13.2 Å². The molecule has 0 amide bonds. The third-order valence-corrected chi connectivity index (χ3v) is 4.03. The van der Waals surface area contributed by atoms with Gasteiger partial charge in [-0.3, -0.25) is 0 Å². The summed E-state index contributed by atoms with van der Waals surface area (Å²) in [6, 6.07) is 9.38. The number of hydrogen-bond acceptors (Lipinski definition) is 2. The van der Waals surface area contributed by atoms with Crippen molar-refractivity contribution < 1.29 is 4.74 Å². The fraction of sp³-hybridized carbons (Fsp3) is 0.647. The van der Waals surface area contributed by atoms with Crippen molar-refractivity contribution in [2.75, 3.05) is 13.2 Å².